The molecule has 1 aromatic carbocycles. The predicted molar refractivity (Wildman–Crippen MR) is 93.7 cm³/mol. The second-order valence-corrected chi connectivity index (χ2v) is 6.30. The standard InChI is InChI=1S/C17H13N5OS/c1-11-3-2-4-13-15(11)20-17(24-13)21-16(23)12-5-6-14(19-9-12)22-8-7-18-10-22/h2-10H,1H3,(H,20,21,23). The molecule has 0 aliphatic carbocycles. The summed E-state index contributed by atoms with van der Waals surface area (Å²) in [7, 11) is 0. The van der Waals surface area contributed by atoms with Crippen LogP contribution in [0.15, 0.2) is 55.2 Å². The Hall–Kier alpha value is -3.06. The van der Waals surface area contributed by atoms with Crippen molar-refractivity contribution in [3.8, 4) is 5.82 Å². The molecule has 1 amide bonds. The van der Waals surface area contributed by atoms with E-state index in [0.717, 1.165) is 15.8 Å². The number of amides is 1. The summed E-state index contributed by atoms with van der Waals surface area (Å²) < 4.78 is 2.83. The summed E-state index contributed by atoms with van der Waals surface area (Å²) >= 11 is 1.46. The van der Waals surface area contributed by atoms with Gasteiger partial charge in [-0.1, -0.05) is 23.5 Å². The number of hydrogen-bond donors (Lipinski definition) is 1. The van der Waals surface area contributed by atoms with E-state index in [9.17, 15) is 4.79 Å². The van der Waals surface area contributed by atoms with Gasteiger partial charge in [0.15, 0.2) is 5.13 Å². The molecule has 4 rings (SSSR count). The first kappa shape index (κ1) is 14.5. The van der Waals surface area contributed by atoms with Crippen LogP contribution >= 0.6 is 11.3 Å². The van der Waals surface area contributed by atoms with Gasteiger partial charge in [-0.2, -0.15) is 0 Å². The molecule has 1 N–H and O–H groups in total. The zero-order chi connectivity index (χ0) is 16.5. The summed E-state index contributed by atoms with van der Waals surface area (Å²) in [5.74, 6) is 0.482. The van der Waals surface area contributed by atoms with Gasteiger partial charge in [0.25, 0.3) is 5.91 Å². The molecule has 0 aliphatic heterocycles. The fourth-order valence-electron chi connectivity index (χ4n) is 2.38. The molecule has 0 radical (unpaired) electrons. The second-order valence-electron chi connectivity index (χ2n) is 5.27. The van der Waals surface area contributed by atoms with Crippen molar-refractivity contribution in [1.82, 2.24) is 19.5 Å². The summed E-state index contributed by atoms with van der Waals surface area (Å²) in [6.45, 7) is 2.01. The van der Waals surface area contributed by atoms with E-state index < -0.39 is 0 Å². The molecule has 0 bridgehead atoms. The number of thiazole rings is 1. The normalized spacial score (nSPS) is 10.9. The third kappa shape index (κ3) is 2.65. The molecular weight excluding hydrogens is 322 g/mol. The van der Waals surface area contributed by atoms with Crippen molar-refractivity contribution < 1.29 is 4.79 Å². The lowest BCUT2D eigenvalue weighted by molar-refractivity contribution is 0.102. The SMILES string of the molecule is Cc1cccc2sc(NC(=O)c3ccc(-n4ccnc4)nc3)nc12. The van der Waals surface area contributed by atoms with Crippen molar-refractivity contribution in [1.29, 1.82) is 0 Å². The van der Waals surface area contributed by atoms with Gasteiger partial charge in [0, 0.05) is 18.6 Å². The third-order valence-corrected chi connectivity index (χ3v) is 4.56. The highest BCUT2D eigenvalue weighted by atomic mass is 32.1. The van der Waals surface area contributed by atoms with Gasteiger partial charge in [0.05, 0.1) is 15.8 Å². The molecule has 7 heteroatoms. The number of nitrogens with zero attached hydrogens (tertiary/aromatic N) is 4. The quantitative estimate of drug-likeness (QED) is 0.622. The minimum atomic E-state index is -0.226. The third-order valence-electron chi connectivity index (χ3n) is 3.62. The molecule has 3 aromatic heterocycles. The monoisotopic (exact) mass is 335 g/mol. The fraction of sp³-hybridized carbons (Fsp3) is 0.0588. The van der Waals surface area contributed by atoms with Crippen LogP contribution in [0.2, 0.25) is 0 Å². The van der Waals surface area contributed by atoms with E-state index in [1.807, 2.05) is 25.1 Å². The van der Waals surface area contributed by atoms with Crippen molar-refractivity contribution >= 4 is 32.6 Å². The van der Waals surface area contributed by atoms with Crippen molar-refractivity contribution in [3.05, 3.63) is 66.4 Å². The fourth-order valence-corrected chi connectivity index (χ4v) is 3.32. The topological polar surface area (TPSA) is 72.7 Å². The van der Waals surface area contributed by atoms with Crippen molar-refractivity contribution in [3.63, 3.8) is 0 Å². The number of nitrogens with one attached hydrogen (secondary N) is 1. The first-order valence-corrected chi connectivity index (χ1v) is 8.14. The van der Waals surface area contributed by atoms with E-state index in [-0.39, 0.29) is 5.91 Å². The highest BCUT2D eigenvalue weighted by Crippen LogP contribution is 2.28. The first-order chi connectivity index (χ1) is 11.7. The number of carbonyl (C=O) groups is 1. The van der Waals surface area contributed by atoms with E-state index in [4.69, 9.17) is 0 Å². The number of imidazole rings is 1. The molecule has 0 fully saturated rings. The number of hydrogen-bond acceptors (Lipinski definition) is 5. The molecule has 0 spiro atoms. The lowest BCUT2D eigenvalue weighted by Gasteiger charge is -2.03. The number of fused-ring (bicyclic) bond motifs is 1. The zero-order valence-electron chi connectivity index (χ0n) is 12.8. The van der Waals surface area contributed by atoms with Crippen LogP contribution in [0.25, 0.3) is 16.0 Å². The first-order valence-electron chi connectivity index (χ1n) is 7.32. The summed E-state index contributed by atoms with van der Waals surface area (Å²) in [5, 5.41) is 3.42. The molecule has 24 heavy (non-hydrogen) atoms. The highest BCUT2D eigenvalue weighted by Gasteiger charge is 2.11. The van der Waals surface area contributed by atoms with Crippen LogP contribution in [0.3, 0.4) is 0 Å². The molecule has 0 saturated carbocycles. The summed E-state index contributed by atoms with van der Waals surface area (Å²) in [6, 6.07) is 9.50. The van der Waals surface area contributed by atoms with Gasteiger partial charge in [-0.3, -0.25) is 14.7 Å². The Bertz CT molecular complexity index is 1010. The Morgan fingerprint density at radius 2 is 2.17 bits per heavy atom. The number of benzene rings is 1. The van der Waals surface area contributed by atoms with Crippen LogP contribution in [-0.4, -0.2) is 25.4 Å². The predicted octanol–water partition coefficient (Wildman–Crippen LogP) is 3.44. The highest BCUT2D eigenvalue weighted by molar-refractivity contribution is 7.22. The van der Waals surface area contributed by atoms with E-state index in [1.54, 1.807) is 41.6 Å². The number of aryl methyl sites for hydroxylation is 1. The molecule has 3 heterocycles. The summed E-state index contributed by atoms with van der Waals surface area (Å²) in [4.78, 5) is 25.1. The van der Waals surface area contributed by atoms with Gasteiger partial charge in [0.2, 0.25) is 0 Å². The van der Waals surface area contributed by atoms with Crippen LogP contribution < -0.4 is 5.32 Å². The molecule has 0 atom stereocenters. The Labute approximate surface area is 141 Å². The lowest BCUT2D eigenvalue weighted by atomic mass is 10.2. The second kappa shape index (κ2) is 5.86. The van der Waals surface area contributed by atoms with Gasteiger partial charge >= 0.3 is 0 Å². The number of pyridine rings is 1. The zero-order valence-corrected chi connectivity index (χ0v) is 13.6. The van der Waals surface area contributed by atoms with Crippen LogP contribution in [0.1, 0.15) is 15.9 Å². The van der Waals surface area contributed by atoms with Gasteiger partial charge in [-0.15, -0.1) is 0 Å². The summed E-state index contributed by atoms with van der Waals surface area (Å²) in [6.07, 6.45) is 6.68. The van der Waals surface area contributed by atoms with Gasteiger partial charge in [-0.05, 0) is 30.7 Å². The summed E-state index contributed by atoms with van der Waals surface area (Å²) in [5.41, 5.74) is 2.50. The number of para-hydroxylation sites is 1. The van der Waals surface area contributed by atoms with Crippen molar-refractivity contribution in [2.45, 2.75) is 6.92 Å². The van der Waals surface area contributed by atoms with Crippen LogP contribution in [-0.2, 0) is 0 Å². The van der Waals surface area contributed by atoms with Gasteiger partial charge < -0.3 is 0 Å². The smallest absolute Gasteiger partial charge is 0.259 e. The Morgan fingerprint density at radius 3 is 2.88 bits per heavy atom. The molecular formula is C17H13N5OS. The minimum absolute atomic E-state index is 0.226. The Balaban J connectivity index is 1.56. The van der Waals surface area contributed by atoms with Crippen LogP contribution in [0.5, 0.6) is 0 Å². The van der Waals surface area contributed by atoms with Crippen LogP contribution in [0.4, 0.5) is 5.13 Å². The number of carbonyl (C=O) groups excluding carboxylic acids is 1. The molecule has 0 saturated heterocycles. The van der Waals surface area contributed by atoms with E-state index in [1.165, 1.54) is 11.3 Å². The van der Waals surface area contributed by atoms with E-state index in [2.05, 4.69) is 20.3 Å². The lowest BCUT2D eigenvalue weighted by Crippen LogP contribution is -2.12. The Kier molecular flexibility index (Phi) is 3.55. The van der Waals surface area contributed by atoms with Gasteiger partial charge in [0.1, 0.15) is 12.1 Å². The largest absolute Gasteiger partial charge is 0.298 e. The van der Waals surface area contributed by atoms with Gasteiger partial charge in [-0.25, -0.2) is 15.0 Å². The number of rotatable bonds is 3. The van der Waals surface area contributed by atoms with Crippen LogP contribution in [0, 0.1) is 6.92 Å². The van der Waals surface area contributed by atoms with E-state index >= 15 is 0 Å². The molecule has 6 nitrogen and oxygen atoms in total. The van der Waals surface area contributed by atoms with E-state index in [0.29, 0.717) is 16.5 Å². The average Bonchev–Trinajstić information content (AvgIpc) is 3.25. The van der Waals surface area contributed by atoms with Crippen molar-refractivity contribution in [2.24, 2.45) is 0 Å². The number of aromatic nitrogens is 4. The molecule has 118 valence electrons. The molecule has 0 aliphatic rings. The maximum absolute atomic E-state index is 12.4. The average molecular weight is 335 g/mol. The number of anilines is 1. The Morgan fingerprint density at radius 1 is 1.25 bits per heavy atom. The van der Waals surface area contributed by atoms with Crippen molar-refractivity contribution in [2.75, 3.05) is 5.32 Å². The molecule has 4 aromatic rings. The maximum Gasteiger partial charge on any atom is 0.259 e. The molecule has 0 unspecified atom stereocenters. The maximum atomic E-state index is 12.4. The minimum Gasteiger partial charge on any atom is -0.298 e.